The molecule has 0 aliphatic carbocycles. The Hall–Kier alpha value is -3.76. The molecule has 0 unspecified atom stereocenters. The van der Waals surface area contributed by atoms with E-state index in [2.05, 4.69) is 16.8 Å². The summed E-state index contributed by atoms with van der Waals surface area (Å²) in [4.78, 5) is 30.9. The van der Waals surface area contributed by atoms with Crippen LogP contribution in [0.2, 0.25) is 0 Å². The fraction of sp³-hybridized carbons (Fsp3) is 0.407. The lowest BCUT2D eigenvalue weighted by Crippen LogP contribution is -2.45. The van der Waals surface area contributed by atoms with E-state index in [0.29, 0.717) is 31.7 Å². The zero-order valence-electron chi connectivity index (χ0n) is 21.7. The molecule has 196 valence electrons. The second-order valence-electron chi connectivity index (χ2n) is 9.31. The summed E-state index contributed by atoms with van der Waals surface area (Å²) in [5.41, 5.74) is 2.97. The number of non-ortho nitro benzene ring substituents is 1. The van der Waals surface area contributed by atoms with Gasteiger partial charge in [-0.1, -0.05) is 24.3 Å². The highest BCUT2D eigenvalue weighted by atomic mass is 16.6. The molecule has 0 spiro atoms. The standard InChI is InChI=1S/C27H34N6O4/c1-21-25(20-31(13-8-18-37-3)27(34)22-9-7-12-24(19-22)33(35)36)26(30-16-14-29(2)15-17-30)32(28-21)23-10-5-4-6-11-23/h4-7,9-12,19H,8,13-18,20H2,1-3H3. The van der Waals surface area contributed by atoms with Crippen molar-refractivity contribution in [2.24, 2.45) is 0 Å². The van der Waals surface area contributed by atoms with Crippen LogP contribution in [0.3, 0.4) is 0 Å². The van der Waals surface area contributed by atoms with Gasteiger partial charge in [-0.2, -0.15) is 5.10 Å². The largest absolute Gasteiger partial charge is 0.385 e. The predicted octanol–water partition coefficient (Wildman–Crippen LogP) is 3.52. The first kappa shape index (κ1) is 26.3. The number of hydrogen-bond acceptors (Lipinski definition) is 7. The Balaban J connectivity index is 1.73. The van der Waals surface area contributed by atoms with Gasteiger partial charge in [0.1, 0.15) is 5.82 Å². The summed E-state index contributed by atoms with van der Waals surface area (Å²) in [6.07, 6.45) is 0.646. The highest BCUT2D eigenvalue weighted by Gasteiger charge is 2.28. The van der Waals surface area contributed by atoms with E-state index >= 15 is 0 Å². The van der Waals surface area contributed by atoms with Crippen LogP contribution in [-0.4, -0.2) is 83.9 Å². The molecule has 0 saturated carbocycles. The van der Waals surface area contributed by atoms with E-state index in [1.54, 1.807) is 24.1 Å². The Morgan fingerprint density at radius 2 is 1.84 bits per heavy atom. The van der Waals surface area contributed by atoms with Gasteiger partial charge in [-0.25, -0.2) is 4.68 Å². The number of anilines is 1. The Morgan fingerprint density at radius 1 is 1.11 bits per heavy atom. The average Bonchev–Trinajstić information content (AvgIpc) is 3.24. The highest BCUT2D eigenvalue weighted by Crippen LogP contribution is 2.30. The summed E-state index contributed by atoms with van der Waals surface area (Å²) in [6.45, 7) is 6.84. The van der Waals surface area contributed by atoms with Gasteiger partial charge in [0.05, 0.1) is 22.8 Å². The number of piperazine rings is 1. The van der Waals surface area contributed by atoms with Crippen LogP contribution in [-0.2, 0) is 11.3 Å². The number of nitro groups is 1. The average molecular weight is 507 g/mol. The number of nitrogens with zero attached hydrogens (tertiary/aromatic N) is 6. The van der Waals surface area contributed by atoms with Crippen LogP contribution in [0.15, 0.2) is 54.6 Å². The number of aromatic nitrogens is 2. The van der Waals surface area contributed by atoms with Crippen molar-refractivity contribution in [3.8, 4) is 5.69 Å². The molecule has 1 aliphatic rings. The van der Waals surface area contributed by atoms with Gasteiger partial charge in [-0.3, -0.25) is 14.9 Å². The summed E-state index contributed by atoms with van der Waals surface area (Å²) >= 11 is 0. The van der Waals surface area contributed by atoms with Crippen LogP contribution in [0.25, 0.3) is 5.69 Å². The number of amides is 1. The molecule has 0 radical (unpaired) electrons. The van der Waals surface area contributed by atoms with E-state index in [-0.39, 0.29) is 11.6 Å². The normalized spacial score (nSPS) is 14.1. The van der Waals surface area contributed by atoms with Crippen molar-refractivity contribution in [2.75, 3.05) is 58.4 Å². The van der Waals surface area contributed by atoms with Crippen LogP contribution < -0.4 is 4.90 Å². The molecule has 37 heavy (non-hydrogen) atoms. The molecule has 1 fully saturated rings. The quantitative estimate of drug-likeness (QED) is 0.236. The van der Waals surface area contributed by atoms with E-state index in [1.807, 2.05) is 41.9 Å². The van der Waals surface area contributed by atoms with Gasteiger partial charge in [0.15, 0.2) is 0 Å². The topological polar surface area (TPSA) is 97.0 Å². The number of carbonyl (C=O) groups excluding carboxylic acids is 1. The zero-order valence-corrected chi connectivity index (χ0v) is 21.7. The predicted molar refractivity (Wildman–Crippen MR) is 142 cm³/mol. The van der Waals surface area contributed by atoms with Crippen molar-refractivity contribution in [1.82, 2.24) is 19.6 Å². The van der Waals surface area contributed by atoms with Gasteiger partial charge in [0.25, 0.3) is 11.6 Å². The van der Waals surface area contributed by atoms with Gasteiger partial charge >= 0.3 is 0 Å². The molecule has 2 heterocycles. The SMILES string of the molecule is COCCCN(Cc1c(C)nn(-c2ccccc2)c1N1CCN(C)CC1)C(=O)c1cccc([N+](=O)[O-])c1. The molecule has 0 atom stereocenters. The first-order chi connectivity index (χ1) is 17.9. The third-order valence-electron chi connectivity index (χ3n) is 6.68. The molecule has 3 aromatic rings. The van der Waals surface area contributed by atoms with E-state index < -0.39 is 4.92 Å². The number of ether oxygens (including phenoxy) is 1. The Kier molecular flexibility index (Phi) is 8.52. The second kappa shape index (κ2) is 12.0. The smallest absolute Gasteiger partial charge is 0.270 e. The molecule has 4 rings (SSSR count). The van der Waals surface area contributed by atoms with E-state index in [4.69, 9.17) is 9.84 Å². The molecule has 2 aromatic carbocycles. The maximum absolute atomic E-state index is 13.7. The number of benzene rings is 2. The fourth-order valence-corrected chi connectivity index (χ4v) is 4.60. The number of rotatable bonds is 10. The van der Waals surface area contributed by atoms with Gasteiger partial charge in [-0.05, 0) is 38.6 Å². The molecule has 1 aromatic heterocycles. The molecule has 10 nitrogen and oxygen atoms in total. The van der Waals surface area contributed by atoms with Crippen LogP contribution in [0.1, 0.15) is 28.0 Å². The van der Waals surface area contributed by atoms with Crippen LogP contribution in [0.5, 0.6) is 0 Å². The lowest BCUT2D eigenvalue weighted by Gasteiger charge is -2.35. The number of likely N-dealkylation sites (N-methyl/N-ethyl adjacent to an activating group) is 1. The minimum atomic E-state index is -0.481. The summed E-state index contributed by atoms with van der Waals surface area (Å²) in [6, 6.07) is 15.9. The van der Waals surface area contributed by atoms with E-state index in [9.17, 15) is 14.9 Å². The number of hydrogen-bond donors (Lipinski definition) is 0. The molecule has 1 amide bonds. The minimum Gasteiger partial charge on any atom is -0.385 e. The van der Waals surface area contributed by atoms with Gasteiger partial charge in [-0.15, -0.1) is 0 Å². The number of methoxy groups -OCH3 is 1. The van der Waals surface area contributed by atoms with Crippen LogP contribution in [0.4, 0.5) is 11.5 Å². The third-order valence-corrected chi connectivity index (χ3v) is 6.68. The summed E-state index contributed by atoms with van der Waals surface area (Å²) in [5, 5.41) is 16.2. The highest BCUT2D eigenvalue weighted by molar-refractivity contribution is 5.95. The Morgan fingerprint density at radius 3 is 2.51 bits per heavy atom. The van der Waals surface area contributed by atoms with Crippen molar-refractivity contribution < 1.29 is 14.5 Å². The molecular formula is C27H34N6O4. The third kappa shape index (κ3) is 6.15. The first-order valence-electron chi connectivity index (χ1n) is 12.5. The number of carbonyl (C=O) groups is 1. The van der Waals surface area contributed by atoms with Gasteiger partial charge in [0, 0.05) is 69.7 Å². The van der Waals surface area contributed by atoms with Crippen LogP contribution in [0, 0.1) is 17.0 Å². The minimum absolute atomic E-state index is 0.103. The Bertz CT molecular complexity index is 1220. The number of nitro benzene ring substituents is 1. The Labute approximate surface area is 217 Å². The van der Waals surface area contributed by atoms with Gasteiger partial charge in [0.2, 0.25) is 0 Å². The summed E-state index contributed by atoms with van der Waals surface area (Å²) in [7, 11) is 3.75. The zero-order chi connectivity index (χ0) is 26.4. The summed E-state index contributed by atoms with van der Waals surface area (Å²) < 4.78 is 7.21. The van der Waals surface area contributed by atoms with Crippen molar-refractivity contribution in [1.29, 1.82) is 0 Å². The van der Waals surface area contributed by atoms with Crippen LogP contribution >= 0.6 is 0 Å². The van der Waals surface area contributed by atoms with E-state index in [0.717, 1.165) is 48.9 Å². The lowest BCUT2D eigenvalue weighted by molar-refractivity contribution is -0.384. The molecule has 0 N–H and O–H groups in total. The maximum atomic E-state index is 13.7. The van der Waals surface area contributed by atoms with Crippen molar-refractivity contribution >= 4 is 17.4 Å². The second-order valence-corrected chi connectivity index (χ2v) is 9.31. The maximum Gasteiger partial charge on any atom is 0.270 e. The first-order valence-corrected chi connectivity index (χ1v) is 12.5. The van der Waals surface area contributed by atoms with E-state index in [1.165, 1.54) is 12.1 Å². The number of para-hydroxylation sites is 1. The van der Waals surface area contributed by atoms with Crippen molar-refractivity contribution in [3.05, 3.63) is 81.5 Å². The fourth-order valence-electron chi connectivity index (χ4n) is 4.60. The molecular weight excluding hydrogens is 472 g/mol. The van der Waals surface area contributed by atoms with Crippen molar-refractivity contribution in [2.45, 2.75) is 19.9 Å². The summed E-state index contributed by atoms with van der Waals surface area (Å²) in [5.74, 6) is 0.733. The monoisotopic (exact) mass is 506 g/mol. The van der Waals surface area contributed by atoms with Gasteiger partial charge < -0.3 is 19.4 Å². The molecule has 1 saturated heterocycles. The molecule has 1 aliphatic heterocycles. The van der Waals surface area contributed by atoms with Crippen molar-refractivity contribution in [3.63, 3.8) is 0 Å². The lowest BCUT2D eigenvalue weighted by atomic mass is 10.1. The molecule has 10 heteroatoms. The molecule has 0 bridgehead atoms. The number of aryl methyl sites for hydroxylation is 1.